The molecule has 0 aliphatic carbocycles. The smallest absolute Gasteiger partial charge is 0.236 e. The van der Waals surface area contributed by atoms with Crippen LogP contribution in [0, 0.1) is 0 Å². The number of thioether (sulfide) groups is 1. The zero-order valence-corrected chi connectivity index (χ0v) is 24.2. The lowest BCUT2D eigenvalue weighted by molar-refractivity contribution is -0.115. The third-order valence-corrected chi connectivity index (χ3v) is 7.69. The Morgan fingerprint density at radius 1 is 0.900 bits per heavy atom. The van der Waals surface area contributed by atoms with E-state index in [1.807, 2.05) is 89.5 Å². The number of benzene rings is 3. The molecule has 9 nitrogen and oxygen atoms in total. The fraction of sp³-hybridized carbons (Fsp3) is 0.107. The van der Waals surface area contributed by atoms with Crippen LogP contribution >= 0.6 is 39.0 Å². The Labute approximate surface area is 247 Å². The minimum absolute atomic E-state index is 0.0991. The Morgan fingerprint density at radius 2 is 1.62 bits per heavy atom. The summed E-state index contributed by atoms with van der Waals surface area (Å²) in [6.07, 6.45) is 0.112. The molecule has 0 saturated carbocycles. The van der Waals surface area contributed by atoms with Crippen LogP contribution < -0.4 is 15.4 Å². The number of para-hydroxylation sites is 2. The summed E-state index contributed by atoms with van der Waals surface area (Å²) >= 11 is 5.95. The van der Waals surface area contributed by atoms with Gasteiger partial charge in [-0.2, -0.15) is 0 Å². The number of hydrogen-bond acceptors (Lipinski definition) is 8. The first-order valence-corrected chi connectivity index (χ1v) is 14.8. The van der Waals surface area contributed by atoms with Crippen LogP contribution in [-0.2, 0) is 22.6 Å². The van der Waals surface area contributed by atoms with Crippen molar-refractivity contribution < 1.29 is 14.3 Å². The van der Waals surface area contributed by atoms with Gasteiger partial charge in [0.25, 0.3) is 0 Å². The maximum absolute atomic E-state index is 12.7. The Kier molecular flexibility index (Phi) is 9.22. The Balaban J connectivity index is 1.19. The van der Waals surface area contributed by atoms with Crippen LogP contribution in [0.1, 0.15) is 11.5 Å². The van der Waals surface area contributed by atoms with Gasteiger partial charge >= 0.3 is 0 Å². The molecule has 2 aromatic heterocycles. The van der Waals surface area contributed by atoms with Gasteiger partial charge in [0.15, 0.2) is 16.1 Å². The molecule has 0 radical (unpaired) electrons. The third kappa shape index (κ3) is 7.56. The van der Waals surface area contributed by atoms with Crippen molar-refractivity contribution in [2.45, 2.75) is 18.2 Å². The van der Waals surface area contributed by atoms with Crippen LogP contribution in [-0.4, -0.2) is 37.3 Å². The molecule has 0 atom stereocenters. The minimum Gasteiger partial charge on any atom is -0.486 e. The van der Waals surface area contributed by atoms with E-state index in [4.69, 9.17) is 4.74 Å². The standard InChI is InChI=1S/C28H23BrN6O3S2/c29-19-11-13-23(14-12-19)38-16-24-33-34-28(35(24)22-9-5-2-6-10-22)40-18-26(37)32-27-31-21(17-39-27)15-25(36)30-20-7-3-1-4-8-20/h1-14,17H,15-16,18H2,(H,30,36)(H,31,32,37). The summed E-state index contributed by atoms with van der Waals surface area (Å²) in [4.78, 5) is 29.4. The van der Waals surface area contributed by atoms with E-state index in [0.29, 0.717) is 27.6 Å². The van der Waals surface area contributed by atoms with Crippen molar-refractivity contribution in [3.05, 3.63) is 106 Å². The molecule has 12 heteroatoms. The second-order valence-corrected chi connectivity index (χ2v) is 11.1. The van der Waals surface area contributed by atoms with E-state index < -0.39 is 0 Å². The highest BCUT2D eigenvalue weighted by Gasteiger charge is 2.17. The fourth-order valence-corrected chi connectivity index (χ4v) is 5.39. The van der Waals surface area contributed by atoms with Gasteiger partial charge in [-0.1, -0.05) is 64.1 Å². The first-order chi connectivity index (χ1) is 19.5. The molecule has 5 aromatic rings. The van der Waals surface area contributed by atoms with Gasteiger partial charge < -0.3 is 15.4 Å². The summed E-state index contributed by atoms with van der Waals surface area (Å²) in [5.74, 6) is 0.997. The molecule has 40 heavy (non-hydrogen) atoms. The second-order valence-electron chi connectivity index (χ2n) is 8.38. The number of halogens is 1. The fourth-order valence-electron chi connectivity index (χ4n) is 3.62. The maximum Gasteiger partial charge on any atom is 0.236 e. The van der Waals surface area contributed by atoms with Crippen molar-refractivity contribution in [3.8, 4) is 11.4 Å². The number of carbonyl (C=O) groups is 2. The highest BCUT2D eigenvalue weighted by Crippen LogP contribution is 2.24. The van der Waals surface area contributed by atoms with Gasteiger partial charge in [-0.25, -0.2) is 4.98 Å². The molecule has 3 aromatic carbocycles. The average Bonchev–Trinajstić information content (AvgIpc) is 3.58. The molecule has 2 N–H and O–H groups in total. The van der Waals surface area contributed by atoms with Crippen LogP contribution in [0.25, 0.3) is 5.69 Å². The number of amides is 2. The van der Waals surface area contributed by atoms with Crippen LogP contribution in [0.4, 0.5) is 10.8 Å². The number of thiazole rings is 1. The van der Waals surface area contributed by atoms with Gasteiger partial charge in [0.05, 0.1) is 17.9 Å². The van der Waals surface area contributed by atoms with E-state index in [2.05, 4.69) is 41.7 Å². The van der Waals surface area contributed by atoms with Gasteiger partial charge in [-0.3, -0.25) is 14.2 Å². The molecular formula is C28H23BrN6O3S2. The Bertz CT molecular complexity index is 1580. The molecule has 0 bridgehead atoms. The highest BCUT2D eigenvalue weighted by atomic mass is 79.9. The molecule has 0 spiro atoms. The number of nitrogens with one attached hydrogen (secondary N) is 2. The predicted octanol–water partition coefficient (Wildman–Crippen LogP) is 5.98. The van der Waals surface area contributed by atoms with Gasteiger partial charge in [0.2, 0.25) is 11.8 Å². The first-order valence-electron chi connectivity index (χ1n) is 12.1. The number of aromatic nitrogens is 4. The zero-order valence-electron chi connectivity index (χ0n) is 21.0. The van der Waals surface area contributed by atoms with Gasteiger partial charge in [0, 0.05) is 21.2 Å². The maximum atomic E-state index is 12.7. The van der Waals surface area contributed by atoms with Crippen LogP contribution in [0.5, 0.6) is 5.75 Å². The molecule has 2 heterocycles. The molecular weight excluding hydrogens is 612 g/mol. The highest BCUT2D eigenvalue weighted by molar-refractivity contribution is 9.10. The number of hydrogen-bond donors (Lipinski definition) is 2. The number of carbonyl (C=O) groups excluding carboxylic acids is 2. The lowest BCUT2D eigenvalue weighted by atomic mass is 10.3. The lowest BCUT2D eigenvalue weighted by Gasteiger charge is -2.11. The SMILES string of the molecule is O=C(Cc1csc(NC(=O)CSc2nnc(COc3ccc(Br)cc3)n2-c2ccccc2)n1)Nc1ccccc1. The zero-order chi connectivity index (χ0) is 27.7. The van der Waals surface area contributed by atoms with Crippen molar-refractivity contribution in [1.29, 1.82) is 0 Å². The molecule has 0 aliphatic rings. The molecule has 0 unspecified atom stereocenters. The number of rotatable bonds is 11. The topological polar surface area (TPSA) is 111 Å². The first kappa shape index (κ1) is 27.6. The average molecular weight is 636 g/mol. The monoisotopic (exact) mass is 634 g/mol. The summed E-state index contributed by atoms with van der Waals surface area (Å²) in [6, 6.07) is 26.4. The van der Waals surface area contributed by atoms with E-state index >= 15 is 0 Å². The third-order valence-electron chi connectivity index (χ3n) is 5.43. The molecule has 5 rings (SSSR count). The quantitative estimate of drug-likeness (QED) is 0.172. The van der Waals surface area contributed by atoms with Gasteiger partial charge in [-0.05, 0) is 48.5 Å². The summed E-state index contributed by atoms with van der Waals surface area (Å²) in [5.41, 5.74) is 2.17. The molecule has 2 amide bonds. The molecule has 0 fully saturated rings. The minimum atomic E-state index is -0.241. The predicted molar refractivity (Wildman–Crippen MR) is 160 cm³/mol. The van der Waals surface area contributed by atoms with E-state index in [9.17, 15) is 9.59 Å². The van der Waals surface area contributed by atoms with Crippen LogP contribution in [0.3, 0.4) is 0 Å². The Hall–Kier alpha value is -4.00. The summed E-state index contributed by atoms with van der Waals surface area (Å²) in [6.45, 7) is 0.204. The van der Waals surface area contributed by atoms with Crippen LogP contribution in [0.2, 0.25) is 0 Å². The number of nitrogens with zero attached hydrogens (tertiary/aromatic N) is 4. The second kappa shape index (κ2) is 13.4. The van der Waals surface area contributed by atoms with Crippen molar-refractivity contribution in [1.82, 2.24) is 19.7 Å². The van der Waals surface area contributed by atoms with E-state index in [-0.39, 0.29) is 30.6 Å². The van der Waals surface area contributed by atoms with Gasteiger partial charge in [-0.15, -0.1) is 21.5 Å². The molecule has 202 valence electrons. The van der Waals surface area contributed by atoms with Crippen molar-refractivity contribution in [3.63, 3.8) is 0 Å². The largest absolute Gasteiger partial charge is 0.486 e. The van der Waals surface area contributed by atoms with Crippen molar-refractivity contribution >= 4 is 61.7 Å². The lowest BCUT2D eigenvalue weighted by Crippen LogP contribution is -2.16. The molecule has 0 saturated heterocycles. The molecule has 0 aliphatic heterocycles. The van der Waals surface area contributed by atoms with E-state index in [1.165, 1.54) is 23.1 Å². The summed E-state index contributed by atoms with van der Waals surface area (Å²) < 4.78 is 8.77. The summed E-state index contributed by atoms with van der Waals surface area (Å²) in [7, 11) is 0. The van der Waals surface area contributed by atoms with Gasteiger partial charge in [0.1, 0.15) is 12.4 Å². The number of anilines is 2. The van der Waals surface area contributed by atoms with E-state index in [0.717, 1.165) is 15.8 Å². The summed E-state index contributed by atoms with van der Waals surface area (Å²) in [5, 5.41) is 17.0. The van der Waals surface area contributed by atoms with Crippen LogP contribution in [0.15, 0.2) is 99.9 Å². The van der Waals surface area contributed by atoms with Crippen molar-refractivity contribution in [2.75, 3.05) is 16.4 Å². The van der Waals surface area contributed by atoms with Crippen molar-refractivity contribution in [2.24, 2.45) is 0 Å². The van der Waals surface area contributed by atoms with E-state index in [1.54, 1.807) is 5.38 Å². The Morgan fingerprint density at radius 3 is 2.38 bits per heavy atom. The normalized spacial score (nSPS) is 10.7. The number of ether oxygens (including phenoxy) is 1.